The van der Waals surface area contributed by atoms with Gasteiger partial charge in [-0.2, -0.15) is 67.4 Å². The van der Waals surface area contributed by atoms with Gasteiger partial charge in [0.25, 0.3) is 0 Å². The Morgan fingerprint density at radius 1 is 0.481 bits per heavy atom. The molecule has 1 heterocycles. The number of carbonyl (C=O) groups excluding carboxylic acids is 6. The first-order valence-electron chi connectivity index (χ1n) is 23.3. The summed E-state index contributed by atoms with van der Waals surface area (Å²) in [5, 5.41) is 4.84. The maximum absolute atomic E-state index is 15.1. The molecule has 0 spiro atoms. The second-order valence-corrected chi connectivity index (χ2v) is 19.7. The monoisotopic (exact) mass is 1190 g/mol. The van der Waals surface area contributed by atoms with Crippen LogP contribution in [-0.4, -0.2) is 153 Å². The van der Waals surface area contributed by atoms with Crippen LogP contribution in [0.1, 0.15) is 59.3 Å². The summed E-state index contributed by atoms with van der Waals surface area (Å²) in [6.07, 6.45) is -11.2. The molecular weight excluding hydrogens is 1130 g/mol. The molecule has 0 unspecified atom stereocenters. The van der Waals surface area contributed by atoms with Crippen LogP contribution >= 0.6 is 23.5 Å². The average molecular weight is 1190 g/mol. The van der Waals surface area contributed by atoms with Crippen LogP contribution in [0, 0.1) is 0 Å². The molecule has 1 aromatic heterocycles. The molecule has 79 heavy (non-hydrogen) atoms. The zero-order valence-corrected chi connectivity index (χ0v) is 44.7. The number of aromatic nitrogens is 3. The van der Waals surface area contributed by atoms with Gasteiger partial charge in [-0.15, -0.1) is 0 Å². The zero-order chi connectivity index (χ0) is 60.5. The van der Waals surface area contributed by atoms with Gasteiger partial charge in [0.1, 0.15) is 44.1 Å². The number of carbonyl (C=O) groups is 6. The third-order valence-electron chi connectivity index (χ3n) is 10.1. The van der Waals surface area contributed by atoms with E-state index in [9.17, 15) is 78.3 Å². The smallest absolute Gasteiger partial charge is 0.430 e. The summed E-state index contributed by atoms with van der Waals surface area (Å²) in [6.45, 7) is 8.67. The second-order valence-electron chi connectivity index (χ2n) is 17.3. The first-order valence-corrected chi connectivity index (χ1v) is 25.7. The second kappa shape index (κ2) is 32.1. The molecule has 0 aromatic carbocycles. The highest BCUT2D eigenvalue weighted by Crippen LogP contribution is 2.50. The lowest BCUT2D eigenvalue weighted by Gasteiger charge is -2.34. The standard InChI is InChI=1S/C46H61F10N5O16S2/c1-8-31(62)73-27-40(5,28-74-32(63)9-2)57-35(66)71-20-12-14-22-78-24-16-18-59-37(68)60(39(70)61(38(59)69)26-43(49,50)45(53,54)77-46(55,56)44(51,52)42(7,47)48)19-17-25-79-23-15-13-21-72-36(67)58-41(6,29-75-33(64)10-3)30-76-34(65)11-4/h8-11H,1-4,12-30H2,5-7H3,(H,57,66)(H,58,67). The Kier molecular flexibility index (Phi) is 28.8. The van der Waals surface area contributed by atoms with Gasteiger partial charge in [-0.3, -0.25) is 0 Å². The molecule has 0 fully saturated rings. The third kappa shape index (κ3) is 23.5. The van der Waals surface area contributed by atoms with Gasteiger partial charge in [-0.25, -0.2) is 61.6 Å². The van der Waals surface area contributed by atoms with Gasteiger partial charge >= 0.3 is 83.1 Å². The van der Waals surface area contributed by atoms with E-state index in [1.807, 2.05) is 0 Å². The number of hydrogen-bond acceptors (Lipinski definition) is 18. The Balaban J connectivity index is 3.09. The van der Waals surface area contributed by atoms with Gasteiger partial charge in [-0.05, 0) is 75.4 Å². The largest absolute Gasteiger partial charge is 0.460 e. The third-order valence-corrected chi connectivity index (χ3v) is 12.4. The Hall–Kier alpha value is -6.25. The molecule has 21 nitrogen and oxygen atoms in total. The van der Waals surface area contributed by atoms with E-state index in [4.69, 9.17) is 28.4 Å². The molecule has 0 bridgehead atoms. The van der Waals surface area contributed by atoms with Crippen molar-refractivity contribution in [3.8, 4) is 0 Å². The van der Waals surface area contributed by atoms with Crippen molar-refractivity contribution in [1.29, 1.82) is 0 Å². The summed E-state index contributed by atoms with van der Waals surface area (Å²) in [5.41, 5.74) is -8.22. The average Bonchev–Trinajstić information content (AvgIpc) is 3.36. The predicted molar refractivity (Wildman–Crippen MR) is 263 cm³/mol. The van der Waals surface area contributed by atoms with E-state index in [2.05, 4.69) is 41.7 Å². The van der Waals surface area contributed by atoms with Gasteiger partial charge < -0.3 is 39.1 Å². The number of alkyl halides is 10. The van der Waals surface area contributed by atoms with Crippen LogP contribution in [0.25, 0.3) is 0 Å². The van der Waals surface area contributed by atoms with Crippen LogP contribution < -0.4 is 27.7 Å². The number of nitrogens with one attached hydrogen (secondary N) is 2. The number of esters is 4. The predicted octanol–water partition coefficient (Wildman–Crippen LogP) is 5.99. The van der Waals surface area contributed by atoms with Crippen molar-refractivity contribution in [1.82, 2.24) is 24.3 Å². The van der Waals surface area contributed by atoms with Crippen LogP contribution in [0.2, 0.25) is 0 Å². The van der Waals surface area contributed by atoms with Crippen molar-refractivity contribution in [2.24, 2.45) is 0 Å². The van der Waals surface area contributed by atoms with Crippen molar-refractivity contribution < 1.29 is 106 Å². The summed E-state index contributed by atoms with van der Waals surface area (Å²) in [6, 6.07) is 0. The highest BCUT2D eigenvalue weighted by Gasteiger charge is 2.75. The van der Waals surface area contributed by atoms with Crippen LogP contribution in [-0.2, 0) is 72.0 Å². The van der Waals surface area contributed by atoms with Crippen LogP contribution in [0.3, 0.4) is 0 Å². The maximum Gasteiger partial charge on any atom is 0.430 e. The Morgan fingerprint density at radius 2 is 0.797 bits per heavy atom. The molecule has 2 N–H and O–H groups in total. The molecule has 0 aliphatic carbocycles. The molecule has 0 aliphatic rings. The minimum atomic E-state index is -6.95. The van der Waals surface area contributed by atoms with Gasteiger partial charge in [0, 0.05) is 44.3 Å². The molecule has 2 amide bonds. The van der Waals surface area contributed by atoms with Crippen LogP contribution in [0.15, 0.2) is 65.0 Å². The highest BCUT2D eigenvalue weighted by molar-refractivity contribution is 7.99. The number of halogens is 10. The lowest BCUT2D eigenvalue weighted by molar-refractivity contribution is -0.485. The van der Waals surface area contributed by atoms with Crippen LogP contribution in [0.5, 0.6) is 0 Å². The number of hydrogen-bond donors (Lipinski definition) is 2. The lowest BCUT2D eigenvalue weighted by Crippen LogP contribution is -2.61. The normalized spacial score (nSPS) is 12.4. The van der Waals surface area contributed by atoms with Gasteiger partial charge in [0.2, 0.25) is 0 Å². The van der Waals surface area contributed by atoms with E-state index in [-0.39, 0.29) is 59.5 Å². The molecule has 448 valence electrons. The Morgan fingerprint density at radius 3 is 1.11 bits per heavy atom. The van der Waals surface area contributed by atoms with E-state index >= 15 is 8.78 Å². The van der Waals surface area contributed by atoms with Crippen molar-refractivity contribution in [3.05, 3.63) is 82.1 Å². The Bertz CT molecular complexity index is 2290. The summed E-state index contributed by atoms with van der Waals surface area (Å²) >= 11 is 2.39. The number of rotatable bonds is 39. The van der Waals surface area contributed by atoms with Crippen molar-refractivity contribution in [3.63, 3.8) is 0 Å². The summed E-state index contributed by atoms with van der Waals surface area (Å²) < 4.78 is 174. The Labute approximate surface area is 453 Å². The number of unbranched alkanes of at least 4 members (excludes halogenated alkanes) is 2. The van der Waals surface area contributed by atoms with E-state index in [1.165, 1.54) is 37.4 Å². The molecule has 0 radical (unpaired) electrons. The molecular formula is C46H61F10N5O16S2. The van der Waals surface area contributed by atoms with Crippen LogP contribution in [0.4, 0.5) is 53.5 Å². The van der Waals surface area contributed by atoms with Crippen molar-refractivity contribution >= 4 is 59.6 Å². The zero-order valence-electron chi connectivity index (χ0n) is 43.0. The van der Waals surface area contributed by atoms with E-state index in [0.29, 0.717) is 24.3 Å². The van der Waals surface area contributed by atoms with Gasteiger partial charge in [0.05, 0.1) is 13.2 Å². The molecule has 1 rings (SSSR count). The number of ether oxygens (including phenoxy) is 7. The molecule has 0 atom stereocenters. The van der Waals surface area contributed by atoms with E-state index < -0.39 is 152 Å². The quantitative estimate of drug-likeness (QED) is 0.0252. The molecule has 0 aliphatic heterocycles. The lowest BCUT2D eigenvalue weighted by atomic mass is 10.1. The summed E-state index contributed by atoms with van der Waals surface area (Å²) in [5.74, 6) is -21.2. The molecule has 1 aromatic rings. The topological polar surface area (TPSA) is 257 Å². The van der Waals surface area contributed by atoms with E-state index in [0.717, 1.165) is 24.3 Å². The maximum atomic E-state index is 15.1. The fourth-order valence-electron chi connectivity index (χ4n) is 5.79. The van der Waals surface area contributed by atoms with Gasteiger partial charge in [-0.1, -0.05) is 26.3 Å². The first-order chi connectivity index (χ1) is 36.6. The fourth-order valence-corrected chi connectivity index (χ4v) is 7.68. The molecule has 33 heteroatoms. The number of alkyl carbamates (subject to hydrolysis) is 2. The summed E-state index contributed by atoms with van der Waals surface area (Å²) in [7, 11) is 0. The molecule has 0 saturated carbocycles. The van der Waals surface area contributed by atoms with Crippen molar-refractivity contribution in [2.45, 2.75) is 120 Å². The number of thioether (sulfide) groups is 2. The number of amides is 2. The number of nitrogens with zero attached hydrogens (tertiary/aromatic N) is 3. The fraction of sp³-hybridized carbons (Fsp3) is 0.630. The minimum absolute atomic E-state index is 0.108. The highest BCUT2D eigenvalue weighted by atomic mass is 32.2. The summed E-state index contributed by atoms with van der Waals surface area (Å²) in [4.78, 5) is 111. The minimum Gasteiger partial charge on any atom is -0.460 e. The van der Waals surface area contributed by atoms with Gasteiger partial charge in [0.15, 0.2) is 0 Å². The SMILES string of the molecule is C=CC(=O)OCC(C)(COC(=O)C=C)NC(=O)OCCCCSCCCn1c(=O)n(CCCSCCCCOC(=O)NC(C)(COC(=O)C=C)COC(=O)C=C)c(=O)n(CC(F)(F)C(F)(F)OC(F)(F)C(F)(F)C(C)(F)F)c1=O. The van der Waals surface area contributed by atoms with Crippen molar-refractivity contribution in [2.75, 3.05) is 62.7 Å². The molecule has 0 saturated heterocycles. The van der Waals surface area contributed by atoms with E-state index in [1.54, 1.807) is 0 Å². The first kappa shape index (κ1) is 70.8.